The minimum atomic E-state index is 0.0124. The number of rotatable bonds is 2. The van der Waals surface area contributed by atoms with E-state index in [1.807, 2.05) is 30.5 Å². The van der Waals surface area contributed by atoms with Crippen LogP contribution in [0.25, 0.3) is 33.4 Å². The molecule has 6 rings (SSSR count). The van der Waals surface area contributed by atoms with Crippen molar-refractivity contribution in [3.63, 3.8) is 0 Å². The lowest BCUT2D eigenvalue weighted by Crippen LogP contribution is -2.38. The van der Waals surface area contributed by atoms with Gasteiger partial charge in [-0.25, -0.2) is 4.98 Å². The monoisotopic (exact) mass is 393 g/mol. The van der Waals surface area contributed by atoms with Crippen LogP contribution in [0.15, 0.2) is 66.9 Å². The summed E-state index contributed by atoms with van der Waals surface area (Å²) < 4.78 is 0. The highest BCUT2D eigenvalue weighted by molar-refractivity contribution is 6.03. The first-order valence-electron chi connectivity index (χ1n) is 10.7. The highest BCUT2D eigenvalue weighted by atomic mass is 16.1. The number of hydrogen-bond donors (Lipinski definition) is 2. The smallest absolute Gasteiger partial charge is 0.164 e. The normalized spacial score (nSPS) is 17.5. The fourth-order valence-electron chi connectivity index (χ4n) is 5.26. The van der Waals surface area contributed by atoms with Gasteiger partial charge in [0.1, 0.15) is 5.65 Å². The van der Waals surface area contributed by atoms with Crippen molar-refractivity contribution in [1.82, 2.24) is 15.3 Å². The van der Waals surface area contributed by atoms with Crippen molar-refractivity contribution in [2.45, 2.75) is 24.7 Å². The van der Waals surface area contributed by atoms with E-state index in [9.17, 15) is 4.79 Å². The van der Waals surface area contributed by atoms with Gasteiger partial charge in [-0.05, 0) is 55.3 Å². The summed E-state index contributed by atoms with van der Waals surface area (Å²) in [6.45, 7) is 1.96. The molecule has 0 unspecified atom stereocenters. The first kappa shape index (κ1) is 17.6. The molecule has 2 aromatic carbocycles. The van der Waals surface area contributed by atoms with E-state index in [1.165, 1.54) is 5.56 Å². The minimum Gasteiger partial charge on any atom is -0.345 e. The van der Waals surface area contributed by atoms with Crippen LogP contribution in [0.5, 0.6) is 0 Å². The molecule has 4 heteroatoms. The molecule has 148 valence electrons. The van der Waals surface area contributed by atoms with Crippen molar-refractivity contribution in [1.29, 1.82) is 0 Å². The Morgan fingerprint density at radius 1 is 0.867 bits per heavy atom. The highest BCUT2D eigenvalue weighted by Gasteiger charge is 2.43. The molecule has 0 amide bonds. The van der Waals surface area contributed by atoms with E-state index in [0.29, 0.717) is 12.2 Å². The molecule has 2 aromatic heterocycles. The van der Waals surface area contributed by atoms with Crippen LogP contribution in [-0.4, -0.2) is 28.8 Å². The second kappa shape index (κ2) is 6.64. The van der Waals surface area contributed by atoms with Crippen LogP contribution in [0.1, 0.15) is 35.2 Å². The SMILES string of the molecule is O=C1CC2(CCNCC2)c2cc(-c3c[nH]c4nc(-c5ccccc5)ccc34)ccc21. The molecule has 4 nitrogen and oxygen atoms in total. The van der Waals surface area contributed by atoms with Gasteiger partial charge in [-0.2, -0.15) is 0 Å². The summed E-state index contributed by atoms with van der Waals surface area (Å²) >= 11 is 0. The van der Waals surface area contributed by atoms with Crippen molar-refractivity contribution in [2.24, 2.45) is 0 Å². The fourth-order valence-corrected chi connectivity index (χ4v) is 5.26. The lowest BCUT2D eigenvalue weighted by molar-refractivity contribution is 0.0964. The number of fused-ring (bicyclic) bond motifs is 3. The van der Waals surface area contributed by atoms with Gasteiger partial charge < -0.3 is 10.3 Å². The molecule has 3 heterocycles. The summed E-state index contributed by atoms with van der Waals surface area (Å²) in [6.07, 6.45) is 4.76. The molecule has 1 aliphatic carbocycles. The van der Waals surface area contributed by atoms with Gasteiger partial charge in [0.2, 0.25) is 0 Å². The number of Topliss-reactive ketones (excluding diaryl/α,β-unsaturated/α-hetero) is 1. The number of nitrogens with one attached hydrogen (secondary N) is 2. The van der Waals surface area contributed by atoms with E-state index in [4.69, 9.17) is 4.98 Å². The Hall–Kier alpha value is -3.24. The molecule has 4 aromatic rings. The van der Waals surface area contributed by atoms with Gasteiger partial charge in [-0.15, -0.1) is 0 Å². The van der Waals surface area contributed by atoms with Gasteiger partial charge in [0.05, 0.1) is 5.69 Å². The Labute approximate surface area is 175 Å². The number of nitrogens with zero attached hydrogens (tertiary/aromatic N) is 1. The molecule has 2 aliphatic rings. The molecule has 0 bridgehead atoms. The number of H-pyrrole nitrogens is 1. The van der Waals surface area contributed by atoms with Crippen molar-refractivity contribution in [3.8, 4) is 22.4 Å². The first-order valence-corrected chi connectivity index (χ1v) is 10.7. The van der Waals surface area contributed by atoms with Crippen LogP contribution < -0.4 is 5.32 Å². The average molecular weight is 393 g/mol. The van der Waals surface area contributed by atoms with Gasteiger partial charge in [0.15, 0.2) is 5.78 Å². The van der Waals surface area contributed by atoms with Crippen molar-refractivity contribution < 1.29 is 4.79 Å². The molecule has 0 saturated carbocycles. The minimum absolute atomic E-state index is 0.0124. The van der Waals surface area contributed by atoms with E-state index in [-0.39, 0.29) is 5.41 Å². The van der Waals surface area contributed by atoms with Crippen molar-refractivity contribution >= 4 is 16.8 Å². The fraction of sp³-hybridized carbons (Fsp3) is 0.231. The second-order valence-corrected chi connectivity index (χ2v) is 8.55. The zero-order valence-electron chi connectivity index (χ0n) is 16.7. The number of piperidine rings is 1. The standard InChI is InChI=1S/C26H23N3O/c30-24-15-26(10-12-27-13-11-26)22-14-18(6-7-20(22)24)21-16-28-25-19(21)8-9-23(29-25)17-4-2-1-3-5-17/h1-9,14,16,27H,10-13,15H2,(H,28,29). The van der Waals surface area contributed by atoms with Gasteiger partial charge in [0.25, 0.3) is 0 Å². The average Bonchev–Trinajstić information content (AvgIpc) is 3.33. The van der Waals surface area contributed by atoms with Crippen LogP contribution in [0.2, 0.25) is 0 Å². The van der Waals surface area contributed by atoms with Crippen molar-refractivity contribution in [3.05, 3.63) is 78.0 Å². The van der Waals surface area contributed by atoms with E-state index in [2.05, 4.69) is 46.7 Å². The van der Waals surface area contributed by atoms with Crippen LogP contribution >= 0.6 is 0 Å². The Morgan fingerprint density at radius 2 is 1.70 bits per heavy atom. The Morgan fingerprint density at radius 3 is 2.53 bits per heavy atom. The zero-order chi connectivity index (χ0) is 20.1. The molecule has 2 N–H and O–H groups in total. The maximum atomic E-state index is 12.7. The summed E-state index contributed by atoms with van der Waals surface area (Å²) in [6, 6.07) is 20.9. The molecule has 0 radical (unpaired) electrons. The third-order valence-corrected chi connectivity index (χ3v) is 6.87. The number of pyridine rings is 1. The predicted molar refractivity (Wildman–Crippen MR) is 120 cm³/mol. The molecule has 1 saturated heterocycles. The molecular weight excluding hydrogens is 370 g/mol. The summed E-state index contributed by atoms with van der Waals surface area (Å²) in [4.78, 5) is 20.9. The van der Waals surface area contributed by atoms with Gasteiger partial charge in [-0.3, -0.25) is 4.79 Å². The maximum absolute atomic E-state index is 12.7. The van der Waals surface area contributed by atoms with E-state index < -0.39 is 0 Å². The van der Waals surface area contributed by atoms with Crippen LogP contribution in [-0.2, 0) is 5.41 Å². The Balaban J connectivity index is 1.44. The highest BCUT2D eigenvalue weighted by Crippen LogP contribution is 2.46. The van der Waals surface area contributed by atoms with Gasteiger partial charge in [-0.1, -0.05) is 42.5 Å². The maximum Gasteiger partial charge on any atom is 0.164 e. The molecule has 0 atom stereocenters. The molecule has 1 fully saturated rings. The number of carbonyl (C=O) groups is 1. The van der Waals surface area contributed by atoms with Crippen LogP contribution in [0.4, 0.5) is 0 Å². The largest absolute Gasteiger partial charge is 0.345 e. The number of aromatic amines is 1. The number of aromatic nitrogens is 2. The molecular formula is C26H23N3O. The number of hydrogen-bond acceptors (Lipinski definition) is 3. The first-order chi connectivity index (χ1) is 14.7. The van der Waals surface area contributed by atoms with Crippen LogP contribution in [0, 0.1) is 0 Å². The predicted octanol–water partition coefficient (Wildman–Crippen LogP) is 5.10. The summed E-state index contributed by atoms with van der Waals surface area (Å²) in [5, 5.41) is 4.55. The Bertz CT molecular complexity index is 1270. The number of benzene rings is 2. The summed E-state index contributed by atoms with van der Waals surface area (Å²) in [5.74, 6) is 0.298. The lowest BCUT2D eigenvalue weighted by atomic mass is 9.74. The zero-order valence-corrected chi connectivity index (χ0v) is 16.7. The number of ketones is 1. The van der Waals surface area contributed by atoms with Crippen molar-refractivity contribution in [2.75, 3.05) is 13.1 Å². The Kier molecular flexibility index (Phi) is 3.90. The third-order valence-electron chi connectivity index (χ3n) is 6.87. The molecule has 1 aliphatic heterocycles. The van der Waals surface area contributed by atoms with Gasteiger partial charge in [0, 0.05) is 40.1 Å². The van der Waals surface area contributed by atoms with E-state index in [1.54, 1.807) is 0 Å². The van der Waals surface area contributed by atoms with E-state index in [0.717, 1.165) is 64.9 Å². The summed E-state index contributed by atoms with van der Waals surface area (Å²) in [5.41, 5.74) is 7.44. The number of carbonyl (C=O) groups excluding carboxylic acids is 1. The lowest BCUT2D eigenvalue weighted by Gasteiger charge is -2.34. The summed E-state index contributed by atoms with van der Waals surface area (Å²) in [7, 11) is 0. The quantitative estimate of drug-likeness (QED) is 0.498. The third kappa shape index (κ3) is 2.64. The van der Waals surface area contributed by atoms with Gasteiger partial charge >= 0.3 is 0 Å². The topological polar surface area (TPSA) is 57.8 Å². The van der Waals surface area contributed by atoms with E-state index >= 15 is 0 Å². The molecule has 30 heavy (non-hydrogen) atoms. The van der Waals surface area contributed by atoms with Crippen LogP contribution in [0.3, 0.4) is 0 Å². The molecule has 1 spiro atoms. The second-order valence-electron chi connectivity index (χ2n) is 8.55.